The molecule has 0 N–H and O–H groups in total. The molecule has 4 rings (SSSR count). The number of amides is 1. The van der Waals surface area contributed by atoms with E-state index in [0.717, 1.165) is 23.4 Å². The number of ketones is 2. The monoisotopic (exact) mass is 478 g/mol. The molecule has 0 saturated carbocycles. The first kappa shape index (κ1) is 24.9. The average Bonchev–Trinajstić information content (AvgIpc) is 3.47. The predicted octanol–water partition coefficient (Wildman–Crippen LogP) is 4.02. The van der Waals surface area contributed by atoms with Gasteiger partial charge in [0.25, 0.3) is 5.91 Å². The summed E-state index contributed by atoms with van der Waals surface area (Å²) in [4.78, 5) is 40.7. The molecule has 0 spiro atoms. The van der Waals surface area contributed by atoms with Crippen LogP contribution < -0.4 is 9.47 Å². The van der Waals surface area contributed by atoms with Gasteiger partial charge in [-0.25, -0.2) is 0 Å². The van der Waals surface area contributed by atoms with E-state index in [1.807, 2.05) is 30.3 Å². The van der Waals surface area contributed by atoms with E-state index >= 15 is 0 Å². The fourth-order valence-electron chi connectivity index (χ4n) is 4.77. The summed E-state index contributed by atoms with van der Waals surface area (Å²) in [6, 6.07) is 12.7. The van der Waals surface area contributed by atoms with Crippen LogP contribution >= 0.6 is 0 Å². The molecular weight excluding hydrogens is 444 g/mol. The van der Waals surface area contributed by atoms with Gasteiger partial charge in [-0.2, -0.15) is 0 Å². The van der Waals surface area contributed by atoms with Crippen LogP contribution in [0.5, 0.6) is 11.5 Å². The summed E-state index contributed by atoms with van der Waals surface area (Å²) in [6.45, 7) is 7.61. The molecule has 1 unspecified atom stereocenters. The average molecular weight is 479 g/mol. The minimum absolute atomic E-state index is 0.00689. The highest BCUT2D eigenvalue weighted by molar-refractivity contribution is 6.01. The SMILES string of the molecule is CC(=O)CCC(C(C)=O)N1Cc2c(OCc3ccc(OCCN4CCCC4)cc3)cccc2C1=O. The fraction of sp³-hybridized carbons (Fsp3) is 0.464. The van der Waals surface area contributed by atoms with E-state index in [1.54, 1.807) is 17.0 Å². The zero-order valence-corrected chi connectivity index (χ0v) is 20.6. The molecule has 1 amide bonds. The smallest absolute Gasteiger partial charge is 0.255 e. The van der Waals surface area contributed by atoms with Crippen LogP contribution in [0, 0.1) is 0 Å². The molecule has 2 aromatic rings. The molecule has 7 heteroatoms. The number of fused-ring (bicyclic) bond motifs is 1. The Morgan fingerprint density at radius 2 is 1.74 bits per heavy atom. The highest BCUT2D eigenvalue weighted by Crippen LogP contribution is 2.33. The summed E-state index contributed by atoms with van der Waals surface area (Å²) in [5.74, 6) is 1.18. The summed E-state index contributed by atoms with van der Waals surface area (Å²) in [7, 11) is 0. The van der Waals surface area contributed by atoms with Crippen molar-refractivity contribution in [3.05, 3.63) is 59.2 Å². The number of benzene rings is 2. The highest BCUT2D eigenvalue weighted by atomic mass is 16.5. The first-order chi connectivity index (χ1) is 16.9. The van der Waals surface area contributed by atoms with Crippen molar-refractivity contribution in [3.8, 4) is 11.5 Å². The Hall–Kier alpha value is -3.19. The molecule has 1 atom stereocenters. The number of carbonyl (C=O) groups is 3. The van der Waals surface area contributed by atoms with E-state index in [0.29, 0.717) is 37.5 Å². The second kappa shape index (κ2) is 11.5. The van der Waals surface area contributed by atoms with Gasteiger partial charge in [0.05, 0.1) is 12.6 Å². The standard InChI is InChI=1S/C28H34N2O5/c1-20(31)8-13-26(21(2)32)30-18-25-24(28(30)33)6-5-7-27(25)35-19-22-9-11-23(12-10-22)34-17-16-29-14-3-4-15-29/h5-7,9-12,26H,3-4,8,13-19H2,1-2H3. The van der Waals surface area contributed by atoms with E-state index in [2.05, 4.69) is 4.90 Å². The van der Waals surface area contributed by atoms with Gasteiger partial charge in [-0.1, -0.05) is 18.2 Å². The third-order valence-electron chi connectivity index (χ3n) is 6.76. The number of hydrogen-bond donors (Lipinski definition) is 0. The second-order valence-electron chi connectivity index (χ2n) is 9.41. The van der Waals surface area contributed by atoms with Crippen LogP contribution in [-0.2, 0) is 22.7 Å². The van der Waals surface area contributed by atoms with E-state index in [4.69, 9.17) is 9.47 Å². The van der Waals surface area contributed by atoms with Crippen LogP contribution in [0.1, 0.15) is 61.0 Å². The van der Waals surface area contributed by atoms with Crippen molar-refractivity contribution in [1.82, 2.24) is 9.80 Å². The lowest BCUT2D eigenvalue weighted by Gasteiger charge is -2.25. The molecule has 186 valence electrons. The van der Waals surface area contributed by atoms with Gasteiger partial charge in [0.15, 0.2) is 5.78 Å². The minimum atomic E-state index is -0.607. The molecule has 2 aliphatic rings. The van der Waals surface area contributed by atoms with Crippen LogP contribution in [0.25, 0.3) is 0 Å². The third kappa shape index (κ3) is 6.28. The molecule has 2 heterocycles. The van der Waals surface area contributed by atoms with E-state index < -0.39 is 6.04 Å². The maximum absolute atomic E-state index is 13.0. The Labute approximate surface area is 207 Å². The molecule has 1 saturated heterocycles. The number of Topliss-reactive ketones (excluding diaryl/α,β-unsaturated/α-hetero) is 2. The lowest BCUT2D eigenvalue weighted by atomic mass is 10.0. The topological polar surface area (TPSA) is 76.2 Å². The number of likely N-dealkylation sites (tertiary alicyclic amines) is 1. The molecule has 0 aromatic heterocycles. The molecule has 2 aromatic carbocycles. The number of ether oxygens (including phenoxy) is 2. The Morgan fingerprint density at radius 1 is 1.00 bits per heavy atom. The zero-order chi connectivity index (χ0) is 24.8. The number of hydrogen-bond acceptors (Lipinski definition) is 6. The Bertz CT molecular complexity index is 1060. The Balaban J connectivity index is 1.35. The largest absolute Gasteiger partial charge is 0.492 e. The van der Waals surface area contributed by atoms with Gasteiger partial charge in [0.2, 0.25) is 0 Å². The number of rotatable bonds is 12. The molecule has 2 aliphatic heterocycles. The lowest BCUT2D eigenvalue weighted by molar-refractivity contribution is -0.122. The van der Waals surface area contributed by atoms with Crippen molar-refractivity contribution in [1.29, 1.82) is 0 Å². The molecule has 0 bridgehead atoms. The van der Waals surface area contributed by atoms with Gasteiger partial charge < -0.3 is 19.2 Å². The van der Waals surface area contributed by atoms with Gasteiger partial charge in [-0.05, 0) is 76.0 Å². The van der Waals surface area contributed by atoms with Crippen molar-refractivity contribution in [2.24, 2.45) is 0 Å². The Kier molecular flexibility index (Phi) is 8.18. The van der Waals surface area contributed by atoms with E-state index in [1.165, 1.54) is 39.8 Å². The van der Waals surface area contributed by atoms with Crippen LogP contribution in [0.4, 0.5) is 0 Å². The molecular formula is C28H34N2O5. The summed E-state index contributed by atoms with van der Waals surface area (Å²) < 4.78 is 12.0. The summed E-state index contributed by atoms with van der Waals surface area (Å²) in [5.41, 5.74) is 2.34. The maximum atomic E-state index is 13.0. The quantitative estimate of drug-likeness (QED) is 0.459. The van der Waals surface area contributed by atoms with Crippen molar-refractivity contribution < 1.29 is 23.9 Å². The molecule has 7 nitrogen and oxygen atoms in total. The fourth-order valence-corrected chi connectivity index (χ4v) is 4.77. The predicted molar refractivity (Wildman–Crippen MR) is 133 cm³/mol. The van der Waals surface area contributed by atoms with E-state index in [9.17, 15) is 14.4 Å². The molecule has 1 fully saturated rings. The van der Waals surface area contributed by atoms with Crippen LogP contribution in [0.2, 0.25) is 0 Å². The van der Waals surface area contributed by atoms with Gasteiger partial charge in [0.1, 0.15) is 30.5 Å². The highest BCUT2D eigenvalue weighted by Gasteiger charge is 2.36. The van der Waals surface area contributed by atoms with Crippen LogP contribution in [-0.4, -0.2) is 59.6 Å². The molecule has 0 aliphatic carbocycles. The van der Waals surface area contributed by atoms with Crippen LogP contribution in [0.15, 0.2) is 42.5 Å². The number of nitrogens with zero attached hydrogens (tertiary/aromatic N) is 2. The number of carbonyl (C=O) groups excluding carboxylic acids is 3. The first-order valence-electron chi connectivity index (χ1n) is 12.4. The van der Waals surface area contributed by atoms with Gasteiger partial charge in [-0.3, -0.25) is 14.5 Å². The van der Waals surface area contributed by atoms with Gasteiger partial charge >= 0.3 is 0 Å². The van der Waals surface area contributed by atoms with Gasteiger partial charge in [0, 0.05) is 24.1 Å². The first-order valence-corrected chi connectivity index (χ1v) is 12.4. The zero-order valence-electron chi connectivity index (χ0n) is 20.6. The second-order valence-corrected chi connectivity index (χ2v) is 9.41. The van der Waals surface area contributed by atoms with Crippen molar-refractivity contribution in [2.45, 2.75) is 58.7 Å². The van der Waals surface area contributed by atoms with Crippen molar-refractivity contribution >= 4 is 17.5 Å². The normalized spacial score (nSPS) is 16.3. The molecule has 35 heavy (non-hydrogen) atoms. The van der Waals surface area contributed by atoms with Crippen LogP contribution in [0.3, 0.4) is 0 Å². The van der Waals surface area contributed by atoms with Crippen molar-refractivity contribution in [2.75, 3.05) is 26.2 Å². The van der Waals surface area contributed by atoms with E-state index in [-0.39, 0.29) is 23.9 Å². The molecule has 0 radical (unpaired) electrons. The summed E-state index contributed by atoms with van der Waals surface area (Å²) in [6.07, 6.45) is 3.17. The Morgan fingerprint density at radius 3 is 2.43 bits per heavy atom. The maximum Gasteiger partial charge on any atom is 0.255 e. The van der Waals surface area contributed by atoms with Crippen molar-refractivity contribution in [3.63, 3.8) is 0 Å². The minimum Gasteiger partial charge on any atom is -0.492 e. The summed E-state index contributed by atoms with van der Waals surface area (Å²) in [5, 5.41) is 0. The van der Waals surface area contributed by atoms with Gasteiger partial charge in [-0.15, -0.1) is 0 Å². The summed E-state index contributed by atoms with van der Waals surface area (Å²) >= 11 is 0. The lowest BCUT2D eigenvalue weighted by Crippen LogP contribution is -2.40. The third-order valence-corrected chi connectivity index (χ3v) is 6.76.